The third-order valence-electron chi connectivity index (χ3n) is 9.59. The van der Waals surface area contributed by atoms with Crippen LogP contribution in [0, 0.1) is 52.8 Å². The molecule has 8 atom stereocenters. The van der Waals surface area contributed by atoms with Crippen LogP contribution in [0.2, 0.25) is 0 Å². The largest absolute Gasteiger partial charge is 0.0806 e. The van der Waals surface area contributed by atoms with Crippen LogP contribution in [0.4, 0.5) is 0 Å². The van der Waals surface area contributed by atoms with Gasteiger partial charge in [-0.1, -0.05) is 102 Å². The van der Waals surface area contributed by atoms with Crippen LogP contribution in [0.15, 0.2) is 48.6 Å². The zero-order valence-electron chi connectivity index (χ0n) is 20.1. The molecule has 0 nitrogen and oxygen atoms in total. The third kappa shape index (κ3) is 3.82. The Bertz CT molecular complexity index is 670. The van der Waals surface area contributed by atoms with Gasteiger partial charge in [0.2, 0.25) is 0 Å². The average Bonchev–Trinajstić information content (AvgIpc) is 3.31. The number of hydrogen-bond acceptors (Lipinski definition) is 0. The predicted octanol–water partition coefficient (Wildman–Crippen LogP) is 8.77. The first-order valence-corrected chi connectivity index (χ1v) is 13.4. The van der Waals surface area contributed by atoms with Crippen molar-refractivity contribution in [2.75, 3.05) is 0 Å². The summed E-state index contributed by atoms with van der Waals surface area (Å²) in [5.41, 5.74) is 0.520. The number of rotatable bonds is 9. The van der Waals surface area contributed by atoms with Gasteiger partial charge < -0.3 is 0 Å². The monoisotopic (exact) mass is 406 g/mol. The molecular formula is C30H46. The molecule has 8 unspecified atom stereocenters. The van der Waals surface area contributed by atoms with Crippen LogP contribution in [-0.4, -0.2) is 0 Å². The molecule has 166 valence electrons. The van der Waals surface area contributed by atoms with E-state index >= 15 is 0 Å². The zero-order valence-corrected chi connectivity index (χ0v) is 20.1. The van der Waals surface area contributed by atoms with E-state index in [4.69, 9.17) is 0 Å². The fourth-order valence-electron chi connectivity index (χ4n) is 8.57. The molecule has 0 amide bonds. The van der Waals surface area contributed by atoms with E-state index in [1.807, 2.05) is 0 Å². The lowest BCUT2D eigenvalue weighted by Gasteiger charge is -2.49. The van der Waals surface area contributed by atoms with E-state index in [0.717, 1.165) is 47.3 Å². The Labute approximate surface area is 187 Å². The van der Waals surface area contributed by atoms with Gasteiger partial charge in [-0.3, -0.25) is 0 Å². The summed E-state index contributed by atoms with van der Waals surface area (Å²) >= 11 is 0. The second-order valence-corrected chi connectivity index (χ2v) is 11.1. The third-order valence-corrected chi connectivity index (χ3v) is 9.59. The van der Waals surface area contributed by atoms with Crippen LogP contribution < -0.4 is 0 Å². The Hall–Kier alpha value is -1.04. The van der Waals surface area contributed by atoms with Crippen molar-refractivity contribution >= 4 is 0 Å². The molecule has 4 rings (SSSR count). The molecule has 0 heteroatoms. The molecule has 0 aliphatic heterocycles. The molecule has 2 fully saturated rings. The number of hydrogen-bond donors (Lipinski definition) is 0. The summed E-state index contributed by atoms with van der Waals surface area (Å²) in [6.07, 6.45) is 32.5. The molecule has 0 bridgehead atoms. The second-order valence-electron chi connectivity index (χ2n) is 11.1. The lowest BCUT2D eigenvalue weighted by molar-refractivity contribution is 0.0127. The summed E-state index contributed by atoms with van der Waals surface area (Å²) in [6.45, 7) is 9.81. The molecule has 0 aromatic carbocycles. The highest BCUT2D eigenvalue weighted by molar-refractivity contribution is 5.24. The Balaban J connectivity index is 1.71. The fraction of sp³-hybridized carbons (Fsp3) is 0.733. The van der Waals surface area contributed by atoms with E-state index in [-0.39, 0.29) is 0 Å². The van der Waals surface area contributed by atoms with Crippen molar-refractivity contribution in [1.29, 1.82) is 0 Å². The minimum atomic E-state index is 0.520. The summed E-state index contributed by atoms with van der Waals surface area (Å²) in [5.74, 6) is 6.63. The molecule has 0 radical (unpaired) electrons. The number of allylic oxidation sites excluding steroid dienone is 8. The first kappa shape index (κ1) is 22.2. The summed E-state index contributed by atoms with van der Waals surface area (Å²) in [7, 11) is 0. The lowest BCUT2D eigenvalue weighted by Crippen LogP contribution is -2.42. The number of fused-ring (bicyclic) bond motifs is 2. The molecule has 0 N–H and O–H groups in total. The van der Waals surface area contributed by atoms with Gasteiger partial charge in [-0.15, -0.1) is 0 Å². The molecule has 4 aliphatic rings. The fourth-order valence-corrected chi connectivity index (χ4v) is 8.57. The SMILES string of the molecule is CCCCC1CC(C(CCC)(CCC)C2CC(C)C3C=CC=CC32)C2C=CC=CC12. The van der Waals surface area contributed by atoms with Gasteiger partial charge in [-0.2, -0.15) is 0 Å². The van der Waals surface area contributed by atoms with Crippen LogP contribution >= 0.6 is 0 Å². The molecule has 0 aromatic heterocycles. The van der Waals surface area contributed by atoms with Gasteiger partial charge in [0.05, 0.1) is 0 Å². The van der Waals surface area contributed by atoms with E-state index in [1.54, 1.807) is 0 Å². The molecule has 0 saturated heterocycles. The van der Waals surface area contributed by atoms with Crippen molar-refractivity contribution in [2.45, 2.75) is 85.5 Å². The number of unbranched alkanes of at least 4 members (excludes halogenated alkanes) is 1. The quantitative estimate of drug-likeness (QED) is 0.359. The van der Waals surface area contributed by atoms with E-state index in [9.17, 15) is 0 Å². The highest BCUT2D eigenvalue weighted by Gasteiger charge is 2.57. The van der Waals surface area contributed by atoms with Crippen molar-refractivity contribution in [3.8, 4) is 0 Å². The molecule has 4 aliphatic carbocycles. The molecule has 0 heterocycles. The van der Waals surface area contributed by atoms with Crippen molar-refractivity contribution in [3.63, 3.8) is 0 Å². The Kier molecular flexibility index (Phi) is 7.11. The first-order valence-electron chi connectivity index (χ1n) is 13.4. The molecule has 0 spiro atoms. The van der Waals surface area contributed by atoms with Gasteiger partial charge >= 0.3 is 0 Å². The minimum Gasteiger partial charge on any atom is -0.0806 e. The van der Waals surface area contributed by atoms with Crippen LogP contribution in [-0.2, 0) is 0 Å². The predicted molar refractivity (Wildman–Crippen MR) is 131 cm³/mol. The first-order chi connectivity index (χ1) is 14.7. The standard InChI is InChI=1S/C30H46/c1-5-8-13-23-21-29(27-17-12-10-15-25(23)27)30(18-6-2,19-7-3)28-20-22(4)24-14-9-11-16-26(24)28/h9-12,14-17,22-29H,5-8,13,18-21H2,1-4H3. The van der Waals surface area contributed by atoms with Gasteiger partial charge in [0.25, 0.3) is 0 Å². The topological polar surface area (TPSA) is 0 Å². The van der Waals surface area contributed by atoms with Crippen molar-refractivity contribution in [2.24, 2.45) is 52.8 Å². The van der Waals surface area contributed by atoms with Gasteiger partial charge in [0, 0.05) is 0 Å². The molecule has 30 heavy (non-hydrogen) atoms. The van der Waals surface area contributed by atoms with Gasteiger partial charge in [-0.25, -0.2) is 0 Å². The Morgan fingerprint density at radius 2 is 1.20 bits per heavy atom. The van der Waals surface area contributed by atoms with Gasteiger partial charge in [-0.05, 0) is 84.9 Å². The summed E-state index contributed by atoms with van der Waals surface area (Å²) < 4.78 is 0. The molecule has 2 saturated carbocycles. The molecular weight excluding hydrogens is 360 g/mol. The normalized spacial score (nSPS) is 39.5. The van der Waals surface area contributed by atoms with Crippen LogP contribution in [0.5, 0.6) is 0 Å². The Morgan fingerprint density at radius 3 is 1.80 bits per heavy atom. The van der Waals surface area contributed by atoms with Crippen molar-refractivity contribution in [1.82, 2.24) is 0 Å². The van der Waals surface area contributed by atoms with E-state index in [1.165, 1.54) is 57.8 Å². The van der Waals surface area contributed by atoms with Crippen LogP contribution in [0.25, 0.3) is 0 Å². The molecule has 0 aromatic rings. The highest BCUT2D eigenvalue weighted by atomic mass is 14.6. The van der Waals surface area contributed by atoms with Crippen LogP contribution in [0.1, 0.15) is 85.5 Å². The summed E-state index contributed by atoms with van der Waals surface area (Å²) in [4.78, 5) is 0. The lowest BCUT2D eigenvalue weighted by atomic mass is 9.55. The second kappa shape index (κ2) is 9.62. The average molecular weight is 407 g/mol. The van der Waals surface area contributed by atoms with Crippen LogP contribution in [0.3, 0.4) is 0 Å². The van der Waals surface area contributed by atoms with Gasteiger partial charge in [0.1, 0.15) is 0 Å². The van der Waals surface area contributed by atoms with E-state index < -0.39 is 0 Å². The maximum absolute atomic E-state index is 2.63. The zero-order chi connectivity index (χ0) is 21.1. The minimum absolute atomic E-state index is 0.520. The Morgan fingerprint density at radius 1 is 0.667 bits per heavy atom. The van der Waals surface area contributed by atoms with Gasteiger partial charge in [0.15, 0.2) is 0 Å². The summed E-state index contributed by atoms with van der Waals surface area (Å²) in [5, 5.41) is 0. The maximum atomic E-state index is 2.63. The summed E-state index contributed by atoms with van der Waals surface area (Å²) in [6, 6.07) is 0. The highest BCUT2D eigenvalue weighted by Crippen LogP contribution is 2.64. The smallest absolute Gasteiger partial charge is 0.0131 e. The van der Waals surface area contributed by atoms with Crippen molar-refractivity contribution in [3.05, 3.63) is 48.6 Å². The van der Waals surface area contributed by atoms with Crippen molar-refractivity contribution < 1.29 is 0 Å². The van der Waals surface area contributed by atoms with E-state index in [0.29, 0.717) is 5.41 Å². The van der Waals surface area contributed by atoms with E-state index in [2.05, 4.69) is 76.3 Å². The maximum Gasteiger partial charge on any atom is -0.0131 e.